The second-order valence-corrected chi connectivity index (χ2v) is 5.11. The van der Waals surface area contributed by atoms with Crippen molar-refractivity contribution in [3.8, 4) is 0 Å². The lowest BCUT2D eigenvalue weighted by Gasteiger charge is -2.20. The number of anilines is 1. The fourth-order valence-corrected chi connectivity index (χ4v) is 2.62. The highest BCUT2D eigenvalue weighted by Gasteiger charge is 2.16. The number of carbonyl (C=O) groups is 1. The van der Waals surface area contributed by atoms with Crippen LogP contribution in [0.15, 0.2) is 17.6 Å². The molecule has 1 heterocycles. The van der Waals surface area contributed by atoms with Gasteiger partial charge in [0, 0.05) is 17.5 Å². The quantitative estimate of drug-likeness (QED) is 0.808. The number of hydrogen-bond donors (Lipinski definition) is 0. The number of carbonyl (C=O) groups excluding carboxylic acids is 1. The average Bonchev–Trinajstić information content (AvgIpc) is 2.74. The lowest BCUT2D eigenvalue weighted by Crippen LogP contribution is -2.19. The van der Waals surface area contributed by atoms with E-state index < -0.39 is 11.6 Å². The summed E-state index contributed by atoms with van der Waals surface area (Å²) in [4.78, 5) is 17.1. The monoisotopic (exact) mass is 282 g/mol. The predicted molar refractivity (Wildman–Crippen MR) is 70.7 cm³/mol. The average molecular weight is 282 g/mol. The molecule has 0 unspecified atom stereocenters. The molecule has 0 radical (unpaired) electrons. The van der Waals surface area contributed by atoms with Gasteiger partial charge in [0.25, 0.3) is 0 Å². The molecule has 19 heavy (non-hydrogen) atoms. The first-order chi connectivity index (χ1) is 9.02. The van der Waals surface area contributed by atoms with Crippen molar-refractivity contribution in [3.05, 3.63) is 45.4 Å². The number of aryl methyl sites for hydroxylation is 1. The molecule has 100 valence electrons. The molecule has 2 aromatic rings. The zero-order valence-electron chi connectivity index (χ0n) is 10.5. The Balaban J connectivity index is 2.31. The first-order valence-electron chi connectivity index (χ1n) is 5.57. The highest BCUT2D eigenvalue weighted by atomic mass is 32.1. The largest absolute Gasteiger partial charge is 0.365 e. The molecular formula is C13H12F2N2OS. The molecule has 0 atom stereocenters. The van der Waals surface area contributed by atoms with E-state index in [0.29, 0.717) is 12.8 Å². The summed E-state index contributed by atoms with van der Waals surface area (Å²) in [6.45, 7) is 2.21. The smallest absolute Gasteiger partial charge is 0.150 e. The molecular weight excluding hydrogens is 270 g/mol. The van der Waals surface area contributed by atoms with E-state index in [9.17, 15) is 13.6 Å². The molecule has 0 bridgehead atoms. The molecule has 0 saturated heterocycles. The Morgan fingerprint density at radius 2 is 2.00 bits per heavy atom. The third-order valence-electron chi connectivity index (χ3n) is 2.78. The molecule has 0 aliphatic rings. The number of aldehydes is 1. The minimum atomic E-state index is -0.744. The van der Waals surface area contributed by atoms with Gasteiger partial charge in [0.2, 0.25) is 0 Å². The zero-order valence-corrected chi connectivity index (χ0v) is 11.3. The van der Waals surface area contributed by atoms with Gasteiger partial charge in [0.05, 0.1) is 17.7 Å². The van der Waals surface area contributed by atoms with Crippen LogP contribution < -0.4 is 4.90 Å². The first-order valence-corrected chi connectivity index (χ1v) is 6.45. The fraction of sp³-hybridized carbons (Fsp3) is 0.231. The highest BCUT2D eigenvalue weighted by Crippen LogP contribution is 2.26. The summed E-state index contributed by atoms with van der Waals surface area (Å²) in [6, 6.07) is 2.06. The van der Waals surface area contributed by atoms with E-state index in [0.717, 1.165) is 22.7 Å². The number of hydrogen-bond acceptors (Lipinski definition) is 4. The Bertz CT molecular complexity index is 589. The Hall–Kier alpha value is -1.82. The van der Waals surface area contributed by atoms with E-state index in [1.807, 2.05) is 6.92 Å². The summed E-state index contributed by atoms with van der Waals surface area (Å²) in [7, 11) is 1.60. The van der Waals surface area contributed by atoms with Crippen LogP contribution in [-0.4, -0.2) is 18.3 Å². The first kappa shape index (κ1) is 13.6. The van der Waals surface area contributed by atoms with Crippen molar-refractivity contribution in [1.29, 1.82) is 0 Å². The van der Waals surface area contributed by atoms with Gasteiger partial charge in [-0.2, -0.15) is 0 Å². The van der Waals surface area contributed by atoms with Crippen molar-refractivity contribution in [2.45, 2.75) is 13.5 Å². The molecule has 6 heteroatoms. The van der Waals surface area contributed by atoms with Crippen molar-refractivity contribution in [3.63, 3.8) is 0 Å². The van der Waals surface area contributed by atoms with E-state index in [1.165, 1.54) is 16.2 Å². The summed E-state index contributed by atoms with van der Waals surface area (Å²) in [5.41, 5.74) is 2.39. The van der Waals surface area contributed by atoms with Gasteiger partial charge in [-0.25, -0.2) is 13.8 Å². The molecule has 0 aliphatic carbocycles. The Labute approximate surface area is 113 Å². The van der Waals surface area contributed by atoms with Crippen LogP contribution in [-0.2, 0) is 6.54 Å². The maximum atomic E-state index is 13.8. The molecule has 0 fully saturated rings. The predicted octanol–water partition coefficient (Wildman–Crippen LogP) is 3.18. The van der Waals surface area contributed by atoms with Gasteiger partial charge in [-0.1, -0.05) is 0 Å². The summed E-state index contributed by atoms with van der Waals surface area (Å²) in [5.74, 6) is -1.49. The highest BCUT2D eigenvalue weighted by molar-refractivity contribution is 7.09. The second kappa shape index (κ2) is 5.44. The third kappa shape index (κ3) is 2.78. The lowest BCUT2D eigenvalue weighted by atomic mass is 10.2. The summed E-state index contributed by atoms with van der Waals surface area (Å²) in [5, 5.41) is 0. The van der Waals surface area contributed by atoms with Crippen LogP contribution in [0.2, 0.25) is 0 Å². The Morgan fingerprint density at radius 3 is 2.47 bits per heavy atom. The van der Waals surface area contributed by atoms with Gasteiger partial charge < -0.3 is 4.90 Å². The molecule has 0 N–H and O–H groups in total. The van der Waals surface area contributed by atoms with Crippen LogP contribution in [0.4, 0.5) is 14.5 Å². The fourth-order valence-electron chi connectivity index (χ4n) is 1.79. The molecule has 1 aromatic heterocycles. The van der Waals surface area contributed by atoms with Crippen LogP contribution in [0.25, 0.3) is 0 Å². The van der Waals surface area contributed by atoms with E-state index in [-0.39, 0.29) is 11.3 Å². The van der Waals surface area contributed by atoms with Crippen molar-refractivity contribution < 1.29 is 13.6 Å². The number of benzene rings is 1. The molecule has 0 aliphatic heterocycles. The van der Waals surface area contributed by atoms with Crippen LogP contribution >= 0.6 is 11.3 Å². The number of halogens is 2. The van der Waals surface area contributed by atoms with Crippen molar-refractivity contribution in [2.24, 2.45) is 0 Å². The van der Waals surface area contributed by atoms with Crippen LogP contribution in [0.1, 0.15) is 20.9 Å². The van der Waals surface area contributed by atoms with Gasteiger partial charge in [-0.15, -0.1) is 11.3 Å². The lowest BCUT2D eigenvalue weighted by molar-refractivity contribution is 0.112. The normalized spacial score (nSPS) is 10.5. The van der Waals surface area contributed by atoms with Crippen molar-refractivity contribution in [2.75, 3.05) is 11.9 Å². The molecule has 0 spiro atoms. The van der Waals surface area contributed by atoms with Crippen LogP contribution in [0.5, 0.6) is 0 Å². The van der Waals surface area contributed by atoms with Gasteiger partial charge >= 0.3 is 0 Å². The SMILES string of the molecule is Cc1ncsc1CN(C)c1c(F)cc(C=O)cc1F. The number of aromatic nitrogens is 1. The van der Waals surface area contributed by atoms with Crippen molar-refractivity contribution >= 4 is 23.3 Å². The van der Waals surface area contributed by atoms with Gasteiger partial charge in [0.15, 0.2) is 0 Å². The van der Waals surface area contributed by atoms with E-state index in [1.54, 1.807) is 12.6 Å². The standard InChI is InChI=1S/C13H12F2N2OS/c1-8-12(19-7-16-8)5-17(2)13-10(14)3-9(6-18)4-11(13)15/h3-4,6-7H,5H2,1-2H3. The molecule has 0 amide bonds. The Kier molecular flexibility index (Phi) is 3.90. The van der Waals surface area contributed by atoms with Crippen LogP contribution in [0, 0.1) is 18.6 Å². The molecule has 1 aromatic carbocycles. The van der Waals surface area contributed by atoms with E-state index >= 15 is 0 Å². The van der Waals surface area contributed by atoms with Gasteiger partial charge in [0.1, 0.15) is 23.6 Å². The molecule has 2 rings (SSSR count). The van der Waals surface area contributed by atoms with Crippen molar-refractivity contribution in [1.82, 2.24) is 4.98 Å². The van der Waals surface area contributed by atoms with E-state index in [4.69, 9.17) is 0 Å². The number of nitrogens with zero attached hydrogens (tertiary/aromatic N) is 2. The maximum absolute atomic E-state index is 13.8. The minimum Gasteiger partial charge on any atom is -0.365 e. The second-order valence-electron chi connectivity index (χ2n) is 4.17. The Morgan fingerprint density at radius 1 is 1.37 bits per heavy atom. The summed E-state index contributed by atoms with van der Waals surface area (Å²) >= 11 is 1.44. The molecule has 0 saturated carbocycles. The third-order valence-corrected chi connectivity index (χ3v) is 3.70. The number of rotatable bonds is 4. The van der Waals surface area contributed by atoms with E-state index in [2.05, 4.69) is 4.98 Å². The minimum absolute atomic E-state index is 0.0129. The topological polar surface area (TPSA) is 33.2 Å². The zero-order chi connectivity index (χ0) is 14.0. The molecule has 3 nitrogen and oxygen atoms in total. The maximum Gasteiger partial charge on any atom is 0.150 e. The summed E-state index contributed by atoms with van der Waals surface area (Å²) < 4.78 is 27.6. The summed E-state index contributed by atoms with van der Waals surface area (Å²) in [6.07, 6.45) is 0.420. The number of thiazole rings is 1. The van der Waals surface area contributed by atoms with Gasteiger partial charge in [-0.3, -0.25) is 4.79 Å². The van der Waals surface area contributed by atoms with Gasteiger partial charge in [-0.05, 0) is 19.1 Å². The van der Waals surface area contributed by atoms with Crippen LogP contribution in [0.3, 0.4) is 0 Å².